The monoisotopic (exact) mass is 387 g/mol. The van der Waals surface area contributed by atoms with Gasteiger partial charge in [0.05, 0.1) is 6.61 Å². The van der Waals surface area contributed by atoms with Gasteiger partial charge in [0.1, 0.15) is 18.3 Å². The Labute approximate surface area is 157 Å². The molecule has 1 atom stereocenters. The van der Waals surface area contributed by atoms with Crippen LogP contribution in [0.5, 0.6) is 0 Å². The van der Waals surface area contributed by atoms with Crippen molar-refractivity contribution in [2.75, 3.05) is 6.61 Å². The molecular formula is C18H26BF4N3O. The Bertz CT molecular complexity index is 783. The zero-order valence-electron chi connectivity index (χ0n) is 16.6. The Hall–Kier alpha value is -1.90. The number of aromatic nitrogens is 3. The van der Waals surface area contributed by atoms with Crippen LogP contribution >= 0.6 is 0 Å². The lowest BCUT2D eigenvalue weighted by atomic mass is 9.86. The normalized spacial score (nSPS) is 17.2. The van der Waals surface area contributed by atoms with Crippen LogP contribution in [-0.2, 0) is 11.3 Å². The third-order valence-corrected chi connectivity index (χ3v) is 4.46. The average molecular weight is 387 g/mol. The molecule has 1 aromatic heterocycles. The molecule has 0 saturated carbocycles. The quantitative estimate of drug-likeness (QED) is 0.410. The third-order valence-electron chi connectivity index (χ3n) is 4.46. The molecule has 4 nitrogen and oxygen atoms in total. The number of hydrogen-bond donors (Lipinski definition) is 0. The summed E-state index contributed by atoms with van der Waals surface area (Å²) in [5.41, 5.74) is 5.13. The summed E-state index contributed by atoms with van der Waals surface area (Å²) in [6.45, 7) is 14.5. The number of rotatable bonds is 1. The van der Waals surface area contributed by atoms with Gasteiger partial charge in [-0.1, -0.05) is 43.1 Å². The molecule has 1 aliphatic rings. The fraction of sp³-hybridized carbons (Fsp3) is 0.556. The zero-order chi connectivity index (χ0) is 20.6. The first-order valence-electron chi connectivity index (χ1n) is 8.80. The maximum atomic E-state index is 9.75. The SMILES string of the molecule is Cc1cc(C)c(-n2c[n+]3c(n2)COCC3C(C)(C)C)c(C)c1.F[B-](F)(F)F. The summed E-state index contributed by atoms with van der Waals surface area (Å²) in [7, 11) is -6.00. The molecule has 27 heavy (non-hydrogen) atoms. The minimum absolute atomic E-state index is 0.144. The van der Waals surface area contributed by atoms with Gasteiger partial charge in [0.25, 0.3) is 0 Å². The van der Waals surface area contributed by atoms with Gasteiger partial charge in [-0.15, -0.1) is 0 Å². The van der Waals surface area contributed by atoms with E-state index < -0.39 is 7.25 Å². The highest BCUT2D eigenvalue weighted by atomic mass is 19.5. The Morgan fingerprint density at radius 3 is 2.11 bits per heavy atom. The van der Waals surface area contributed by atoms with Crippen molar-refractivity contribution in [2.45, 2.75) is 54.2 Å². The van der Waals surface area contributed by atoms with Gasteiger partial charge in [0.2, 0.25) is 6.33 Å². The first-order valence-corrected chi connectivity index (χ1v) is 8.80. The third kappa shape index (κ3) is 5.54. The average Bonchev–Trinajstić information content (AvgIpc) is 2.86. The van der Waals surface area contributed by atoms with E-state index in [1.165, 1.54) is 22.4 Å². The summed E-state index contributed by atoms with van der Waals surface area (Å²) >= 11 is 0. The van der Waals surface area contributed by atoms with Gasteiger partial charge < -0.3 is 22.0 Å². The summed E-state index contributed by atoms with van der Waals surface area (Å²) in [5, 5.41) is 4.79. The largest absolute Gasteiger partial charge is 0.673 e. The highest BCUT2D eigenvalue weighted by molar-refractivity contribution is 6.50. The van der Waals surface area contributed by atoms with E-state index in [4.69, 9.17) is 9.84 Å². The molecule has 1 aromatic carbocycles. The minimum atomic E-state index is -6.00. The fourth-order valence-corrected chi connectivity index (χ4v) is 3.40. The number of ether oxygens (including phenoxy) is 1. The van der Waals surface area contributed by atoms with E-state index in [1.54, 1.807) is 0 Å². The van der Waals surface area contributed by atoms with Crippen LogP contribution in [-0.4, -0.2) is 23.6 Å². The Balaban J connectivity index is 0.000000465. The van der Waals surface area contributed by atoms with Gasteiger partial charge in [0.15, 0.2) is 0 Å². The summed E-state index contributed by atoms with van der Waals surface area (Å²) in [4.78, 5) is 0. The molecule has 0 amide bonds. The van der Waals surface area contributed by atoms with E-state index >= 15 is 0 Å². The number of aryl methyl sites for hydroxylation is 3. The van der Waals surface area contributed by atoms with Crippen LogP contribution in [0.1, 0.15) is 49.3 Å². The van der Waals surface area contributed by atoms with Crippen molar-refractivity contribution in [1.29, 1.82) is 0 Å². The molecule has 0 spiro atoms. The maximum absolute atomic E-state index is 9.75. The smallest absolute Gasteiger partial charge is 0.418 e. The molecule has 0 bridgehead atoms. The lowest BCUT2D eigenvalue weighted by Crippen LogP contribution is -2.53. The van der Waals surface area contributed by atoms with Gasteiger partial charge in [-0.25, -0.2) is 4.57 Å². The lowest BCUT2D eigenvalue weighted by Gasteiger charge is -2.31. The topological polar surface area (TPSA) is 30.9 Å². The first kappa shape index (κ1) is 21.4. The van der Waals surface area contributed by atoms with Gasteiger partial charge in [-0.3, -0.25) is 0 Å². The summed E-state index contributed by atoms with van der Waals surface area (Å²) in [6.07, 6.45) is 2.14. The zero-order valence-corrected chi connectivity index (χ0v) is 16.6. The highest BCUT2D eigenvalue weighted by Gasteiger charge is 2.37. The highest BCUT2D eigenvalue weighted by Crippen LogP contribution is 2.29. The second kappa shape index (κ2) is 7.62. The van der Waals surface area contributed by atoms with Crippen LogP contribution in [0.2, 0.25) is 0 Å². The van der Waals surface area contributed by atoms with E-state index in [0.29, 0.717) is 12.6 Å². The second-order valence-electron chi connectivity index (χ2n) is 8.02. The van der Waals surface area contributed by atoms with E-state index in [-0.39, 0.29) is 5.41 Å². The molecule has 0 aliphatic carbocycles. The van der Waals surface area contributed by atoms with Crippen LogP contribution in [0.3, 0.4) is 0 Å². The van der Waals surface area contributed by atoms with Crippen LogP contribution in [0.25, 0.3) is 5.69 Å². The van der Waals surface area contributed by atoms with Crippen molar-refractivity contribution in [3.8, 4) is 5.69 Å². The van der Waals surface area contributed by atoms with E-state index in [9.17, 15) is 17.3 Å². The molecule has 0 fully saturated rings. The molecule has 150 valence electrons. The fourth-order valence-electron chi connectivity index (χ4n) is 3.40. The number of hydrogen-bond acceptors (Lipinski definition) is 2. The van der Waals surface area contributed by atoms with Crippen molar-refractivity contribution >= 4 is 7.25 Å². The van der Waals surface area contributed by atoms with E-state index in [1.807, 2.05) is 4.68 Å². The second-order valence-corrected chi connectivity index (χ2v) is 8.02. The lowest BCUT2D eigenvalue weighted by molar-refractivity contribution is -0.755. The summed E-state index contributed by atoms with van der Waals surface area (Å²) < 4.78 is 49.1. The standard InChI is InChI=1S/C18H26N3O.BF4/c1-12-7-13(2)17(14(3)8-12)21-11-20-15(18(4,5)6)9-22-10-16(20)19-21;2-1(3,4)5/h7-8,11,15H,9-10H2,1-6H3;/q+1;-1. The van der Waals surface area contributed by atoms with Crippen molar-refractivity contribution in [2.24, 2.45) is 5.41 Å². The molecule has 1 aliphatic heterocycles. The predicted molar refractivity (Wildman–Crippen MR) is 96.3 cm³/mol. The van der Waals surface area contributed by atoms with Gasteiger partial charge in [-0.05, 0) is 37.3 Å². The van der Waals surface area contributed by atoms with Gasteiger partial charge in [-0.2, -0.15) is 0 Å². The molecule has 2 aromatic rings. The van der Waals surface area contributed by atoms with Crippen molar-refractivity contribution < 1.29 is 26.6 Å². The first-order chi connectivity index (χ1) is 12.3. The molecule has 0 radical (unpaired) electrons. The maximum Gasteiger partial charge on any atom is 0.673 e. The molecular weight excluding hydrogens is 361 g/mol. The molecule has 0 N–H and O–H groups in total. The molecule has 1 unspecified atom stereocenters. The Morgan fingerprint density at radius 2 is 1.63 bits per heavy atom. The molecule has 9 heteroatoms. The van der Waals surface area contributed by atoms with Crippen LogP contribution in [0.4, 0.5) is 17.3 Å². The van der Waals surface area contributed by atoms with Crippen LogP contribution < -0.4 is 4.57 Å². The molecule has 3 rings (SSSR count). The molecule has 2 heterocycles. The molecule has 0 saturated heterocycles. The summed E-state index contributed by atoms with van der Waals surface area (Å²) in [6, 6.07) is 4.74. The minimum Gasteiger partial charge on any atom is -0.418 e. The van der Waals surface area contributed by atoms with E-state index in [2.05, 4.69) is 64.6 Å². The van der Waals surface area contributed by atoms with Crippen molar-refractivity contribution in [1.82, 2.24) is 9.78 Å². The van der Waals surface area contributed by atoms with Crippen LogP contribution in [0, 0.1) is 26.2 Å². The van der Waals surface area contributed by atoms with Crippen LogP contribution in [0.15, 0.2) is 18.5 Å². The van der Waals surface area contributed by atoms with Crippen molar-refractivity contribution in [3.63, 3.8) is 0 Å². The Kier molecular flexibility index (Phi) is 6.04. The van der Waals surface area contributed by atoms with Crippen molar-refractivity contribution in [3.05, 3.63) is 41.0 Å². The summed E-state index contributed by atoms with van der Waals surface area (Å²) in [5.74, 6) is 1.01. The van der Waals surface area contributed by atoms with E-state index in [0.717, 1.165) is 12.4 Å². The van der Waals surface area contributed by atoms with Gasteiger partial charge in [0, 0.05) is 5.10 Å². The van der Waals surface area contributed by atoms with Gasteiger partial charge >= 0.3 is 13.1 Å². The number of nitrogens with zero attached hydrogens (tertiary/aromatic N) is 3. The predicted octanol–water partition coefficient (Wildman–Crippen LogP) is 4.50. The number of fused-ring (bicyclic) bond motifs is 1. The number of benzene rings is 1. The number of halogens is 4. The Morgan fingerprint density at radius 1 is 1.11 bits per heavy atom.